The van der Waals surface area contributed by atoms with Crippen LogP contribution < -0.4 is 10.3 Å². The zero-order valence-electron chi connectivity index (χ0n) is 15.5. The maximum atomic E-state index is 12.8. The predicted octanol–water partition coefficient (Wildman–Crippen LogP) is 2.68. The molecule has 0 atom stereocenters. The van der Waals surface area contributed by atoms with E-state index in [-0.39, 0.29) is 21.9 Å². The quantitative estimate of drug-likeness (QED) is 0.505. The summed E-state index contributed by atoms with van der Waals surface area (Å²) in [5.41, 5.74) is 0.454. The lowest BCUT2D eigenvalue weighted by Crippen LogP contribution is -2.23. The average molecular weight is 407 g/mol. The third-order valence-electron chi connectivity index (χ3n) is 4.53. The van der Waals surface area contributed by atoms with Crippen LogP contribution in [-0.4, -0.2) is 30.3 Å². The van der Waals surface area contributed by atoms with Gasteiger partial charge in [0.25, 0.3) is 5.56 Å². The highest BCUT2D eigenvalue weighted by Crippen LogP contribution is 2.23. The van der Waals surface area contributed by atoms with Gasteiger partial charge in [-0.15, -0.1) is 0 Å². The first-order valence-electron chi connectivity index (χ1n) is 8.77. The van der Waals surface area contributed by atoms with Crippen LogP contribution in [0.2, 0.25) is 0 Å². The molecule has 4 rings (SSSR count). The van der Waals surface area contributed by atoms with Gasteiger partial charge in [0.15, 0.2) is 0 Å². The fourth-order valence-electron chi connectivity index (χ4n) is 3.02. The first-order valence-corrected chi connectivity index (χ1v) is 10.3. The number of hydrogen-bond donors (Lipinski definition) is 0. The smallest absolute Gasteiger partial charge is 0.274 e. The minimum atomic E-state index is -3.67. The van der Waals surface area contributed by atoms with Crippen LogP contribution in [0.4, 0.5) is 0 Å². The van der Waals surface area contributed by atoms with Crippen LogP contribution in [0.1, 0.15) is 5.56 Å². The molecule has 4 aromatic rings. The van der Waals surface area contributed by atoms with Gasteiger partial charge in [-0.25, -0.2) is 13.1 Å². The van der Waals surface area contributed by atoms with Gasteiger partial charge >= 0.3 is 0 Å². The van der Waals surface area contributed by atoms with Crippen molar-refractivity contribution in [3.05, 3.63) is 89.1 Å². The largest absolute Gasteiger partial charge is 0.495 e. The van der Waals surface area contributed by atoms with Crippen LogP contribution in [0.3, 0.4) is 0 Å². The number of sulfone groups is 1. The molecule has 7 nitrogen and oxygen atoms in total. The summed E-state index contributed by atoms with van der Waals surface area (Å²) in [6.45, 7) is 0.225. The van der Waals surface area contributed by atoms with Gasteiger partial charge in [-0.05, 0) is 42.0 Å². The second-order valence-corrected chi connectivity index (χ2v) is 8.36. The molecule has 2 aromatic heterocycles. The lowest BCUT2D eigenvalue weighted by atomic mass is 10.2. The van der Waals surface area contributed by atoms with Crippen molar-refractivity contribution in [1.29, 1.82) is 0 Å². The van der Waals surface area contributed by atoms with E-state index < -0.39 is 9.84 Å². The van der Waals surface area contributed by atoms with Gasteiger partial charge in [-0.3, -0.25) is 9.78 Å². The highest BCUT2D eigenvalue weighted by molar-refractivity contribution is 7.91. The Bertz CT molecular complexity index is 1350. The average Bonchev–Trinajstić information content (AvgIpc) is 2.76. The van der Waals surface area contributed by atoms with E-state index in [9.17, 15) is 13.2 Å². The van der Waals surface area contributed by atoms with Crippen LogP contribution in [-0.2, 0) is 16.4 Å². The molecule has 0 fully saturated rings. The normalized spacial score (nSPS) is 11.5. The molecule has 0 saturated heterocycles. The number of rotatable bonds is 5. The molecule has 0 amide bonds. The van der Waals surface area contributed by atoms with Gasteiger partial charge in [-0.2, -0.15) is 5.10 Å². The lowest BCUT2D eigenvalue weighted by molar-refractivity contribution is 0.412. The van der Waals surface area contributed by atoms with Crippen molar-refractivity contribution in [3.8, 4) is 5.75 Å². The highest BCUT2D eigenvalue weighted by atomic mass is 32.2. The minimum absolute atomic E-state index is 0.118. The number of pyridine rings is 1. The highest BCUT2D eigenvalue weighted by Gasteiger charge is 2.18. The van der Waals surface area contributed by atoms with Crippen LogP contribution in [0, 0.1) is 0 Å². The summed E-state index contributed by atoms with van der Waals surface area (Å²) in [4.78, 5) is 17.2. The Balaban J connectivity index is 1.73. The minimum Gasteiger partial charge on any atom is -0.495 e. The van der Waals surface area contributed by atoms with Crippen molar-refractivity contribution < 1.29 is 13.2 Å². The van der Waals surface area contributed by atoms with Crippen molar-refractivity contribution in [2.24, 2.45) is 0 Å². The Morgan fingerprint density at radius 2 is 1.76 bits per heavy atom. The SMILES string of the molecule is COc1cncc(Cn2ncc3cc(S(=O)(=O)c4ccccc4)ccc3c2=O)c1. The number of benzene rings is 2. The standard InChI is InChI=1S/C21H17N3O4S/c1-28-17-9-15(11-22-13-17)14-24-21(25)20-8-7-19(10-16(20)12-23-24)29(26,27)18-5-3-2-4-6-18/h2-13H,14H2,1H3. The zero-order chi connectivity index (χ0) is 20.4. The maximum Gasteiger partial charge on any atom is 0.274 e. The first-order chi connectivity index (χ1) is 14.0. The van der Waals surface area contributed by atoms with Crippen molar-refractivity contribution in [3.63, 3.8) is 0 Å². The van der Waals surface area contributed by atoms with E-state index in [0.29, 0.717) is 16.5 Å². The van der Waals surface area contributed by atoms with E-state index in [4.69, 9.17) is 4.74 Å². The van der Waals surface area contributed by atoms with Gasteiger partial charge in [0.2, 0.25) is 9.84 Å². The number of methoxy groups -OCH3 is 1. The third-order valence-corrected chi connectivity index (χ3v) is 6.29. The van der Waals surface area contributed by atoms with Gasteiger partial charge in [-0.1, -0.05) is 18.2 Å². The molecule has 0 aliphatic carbocycles. The van der Waals surface area contributed by atoms with Crippen LogP contribution >= 0.6 is 0 Å². The molecule has 0 saturated carbocycles. The van der Waals surface area contributed by atoms with E-state index >= 15 is 0 Å². The monoisotopic (exact) mass is 407 g/mol. The Labute approximate surface area is 167 Å². The Hall–Kier alpha value is -3.52. The van der Waals surface area contributed by atoms with Crippen LogP contribution in [0.5, 0.6) is 5.75 Å². The number of ether oxygens (including phenoxy) is 1. The zero-order valence-corrected chi connectivity index (χ0v) is 16.3. The van der Waals surface area contributed by atoms with Crippen molar-refractivity contribution in [2.75, 3.05) is 7.11 Å². The summed E-state index contributed by atoms with van der Waals surface area (Å²) in [5.74, 6) is 0.590. The first kappa shape index (κ1) is 18.8. The van der Waals surface area contributed by atoms with E-state index in [1.807, 2.05) is 0 Å². The Morgan fingerprint density at radius 3 is 2.52 bits per heavy atom. The summed E-state index contributed by atoms with van der Waals surface area (Å²) in [5, 5.41) is 5.05. The molecule has 8 heteroatoms. The molecule has 0 aliphatic rings. The number of aromatic nitrogens is 3. The van der Waals surface area contributed by atoms with Gasteiger partial charge < -0.3 is 4.74 Å². The van der Waals surface area contributed by atoms with E-state index in [1.54, 1.807) is 43.8 Å². The third kappa shape index (κ3) is 3.62. The second kappa shape index (κ2) is 7.48. The summed E-state index contributed by atoms with van der Waals surface area (Å²) in [6, 6.07) is 14.4. The maximum absolute atomic E-state index is 12.8. The molecule has 2 aromatic carbocycles. The molecular weight excluding hydrogens is 390 g/mol. The van der Waals surface area contributed by atoms with Gasteiger partial charge in [0, 0.05) is 11.6 Å². The fourth-order valence-corrected chi connectivity index (χ4v) is 4.33. The second-order valence-electron chi connectivity index (χ2n) is 6.41. The molecule has 0 aliphatic heterocycles. The van der Waals surface area contributed by atoms with E-state index in [0.717, 1.165) is 5.56 Å². The molecule has 0 bridgehead atoms. The number of hydrogen-bond acceptors (Lipinski definition) is 6. The van der Waals surface area contributed by atoms with Gasteiger partial charge in [0.1, 0.15) is 5.75 Å². The summed E-state index contributed by atoms with van der Waals surface area (Å²) >= 11 is 0. The van der Waals surface area contributed by atoms with E-state index in [1.165, 1.54) is 41.2 Å². The van der Waals surface area contributed by atoms with Crippen molar-refractivity contribution >= 4 is 20.6 Å². The molecule has 0 spiro atoms. The molecule has 0 unspecified atom stereocenters. The Morgan fingerprint density at radius 1 is 0.966 bits per heavy atom. The molecule has 0 N–H and O–H groups in total. The summed E-state index contributed by atoms with van der Waals surface area (Å²) < 4.78 is 32.1. The fraction of sp³-hybridized carbons (Fsp3) is 0.0952. The van der Waals surface area contributed by atoms with Crippen molar-refractivity contribution in [1.82, 2.24) is 14.8 Å². The molecule has 0 radical (unpaired) electrons. The summed E-state index contributed by atoms with van der Waals surface area (Å²) in [7, 11) is -2.12. The lowest BCUT2D eigenvalue weighted by Gasteiger charge is -2.09. The van der Waals surface area contributed by atoms with Gasteiger partial charge in [0.05, 0.1) is 41.2 Å². The molecular formula is C21H17N3O4S. The Kier molecular flexibility index (Phi) is 4.85. The number of nitrogens with zero attached hydrogens (tertiary/aromatic N) is 3. The molecule has 2 heterocycles. The summed E-state index contributed by atoms with van der Waals surface area (Å²) in [6.07, 6.45) is 4.71. The molecule has 146 valence electrons. The number of fused-ring (bicyclic) bond motifs is 1. The predicted molar refractivity (Wildman–Crippen MR) is 108 cm³/mol. The van der Waals surface area contributed by atoms with Crippen LogP contribution in [0.25, 0.3) is 10.8 Å². The van der Waals surface area contributed by atoms with E-state index in [2.05, 4.69) is 10.1 Å². The molecule has 29 heavy (non-hydrogen) atoms. The van der Waals surface area contributed by atoms with Crippen LogP contribution in [0.15, 0.2) is 87.8 Å². The van der Waals surface area contributed by atoms with Crippen molar-refractivity contribution in [2.45, 2.75) is 16.3 Å². The topological polar surface area (TPSA) is 91.2 Å².